The standard InChI is InChI=1S/C10H12O4S/c11-15(12)13-7-9-6-5-8-3-1-2-4-10(8)14-9/h1-4,9H,5-7H2,(H,11,12)/p-1. The number of ether oxygens (including phenoxy) is 1. The maximum atomic E-state index is 10.2. The summed E-state index contributed by atoms with van der Waals surface area (Å²) in [5.41, 5.74) is 1.16. The molecule has 2 unspecified atom stereocenters. The van der Waals surface area contributed by atoms with E-state index >= 15 is 0 Å². The van der Waals surface area contributed by atoms with Gasteiger partial charge in [-0.05, 0) is 24.5 Å². The molecule has 1 aromatic rings. The number of aryl methyl sites for hydroxylation is 1. The van der Waals surface area contributed by atoms with Crippen molar-refractivity contribution in [2.24, 2.45) is 0 Å². The molecule has 1 aliphatic rings. The average molecular weight is 227 g/mol. The molecule has 1 heterocycles. The summed E-state index contributed by atoms with van der Waals surface area (Å²) in [6.45, 7) is 0.0877. The molecule has 0 bridgehead atoms. The van der Waals surface area contributed by atoms with Gasteiger partial charge in [0.15, 0.2) is 0 Å². The Morgan fingerprint density at radius 3 is 3.13 bits per heavy atom. The zero-order valence-corrected chi connectivity index (χ0v) is 8.87. The molecule has 0 fully saturated rings. The van der Waals surface area contributed by atoms with Crippen molar-refractivity contribution < 1.29 is 17.7 Å². The third-order valence-electron chi connectivity index (χ3n) is 2.35. The summed E-state index contributed by atoms with van der Waals surface area (Å²) in [5.74, 6) is 0.828. The predicted octanol–water partition coefficient (Wildman–Crippen LogP) is 1.19. The third-order valence-corrected chi connectivity index (χ3v) is 2.68. The van der Waals surface area contributed by atoms with Crippen molar-refractivity contribution >= 4 is 11.4 Å². The molecule has 0 N–H and O–H groups in total. The minimum atomic E-state index is -2.46. The SMILES string of the molecule is O=S([O-])OCC1CCc2ccccc2O1. The Morgan fingerprint density at radius 1 is 1.53 bits per heavy atom. The summed E-state index contributed by atoms with van der Waals surface area (Å²) >= 11 is -2.46. The smallest absolute Gasteiger partial charge is 0.124 e. The molecule has 82 valence electrons. The first kappa shape index (κ1) is 10.6. The fraction of sp³-hybridized carbons (Fsp3) is 0.400. The number of hydrogen-bond acceptors (Lipinski definition) is 4. The molecule has 0 amide bonds. The minimum Gasteiger partial charge on any atom is -0.750 e. The number of benzene rings is 1. The number of fused-ring (bicyclic) bond motifs is 1. The van der Waals surface area contributed by atoms with Crippen molar-refractivity contribution in [3.05, 3.63) is 29.8 Å². The Bertz CT molecular complexity index is 366. The van der Waals surface area contributed by atoms with E-state index < -0.39 is 11.4 Å². The lowest BCUT2D eigenvalue weighted by Gasteiger charge is -2.25. The average Bonchev–Trinajstić information content (AvgIpc) is 2.26. The van der Waals surface area contributed by atoms with Gasteiger partial charge in [-0.1, -0.05) is 18.2 Å². The third kappa shape index (κ3) is 2.77. The Morgan fingerprint density at radius 2 is 2.33 bits per heavy atom. The number of rotatable bonds is 3. The molecule has 0 saturated heterocycles. The van der Waals surface area contributed by atoms with Gasteiger partial charge in [0.25, 0.3) is 0 Å². The summed E-state index contributed by atoms with van der Waals surface area (Å²) in [7, 11) is 0. The molecule has 0 aromatic heterocycles. The van der Waals surface area contributed by atoms with Crippen molar-refractivity contribution in [3.8, 4) is 5.75 Å². The Kier molecular flexibility index (Phi) is 3.35. The van der Waals surface area contributed by atoms with E-state index in [1.807, 2.05) is 24.3 Å². The van der Waals surface area contributed by atoms with Crippen LogP contribution in [-0.2, 0) is 22.0 Å². The van der Waals surface area contributed by atoms with E-state index in [9.17, 15) is 8.76 Å². The molecule has 2 atom stereocenters. The molecule has 0 radical (unpaired) electrons. The lowest BCUT2D eigenvalue weighted by molar-refractivity contribution is 0.111. The molecular weight excluding hydrogens is 216 g/mol. The van der Waals surface area contributed by atoms with Gasteiger partial charge in [-0.2, -0.15) is 0 Å². The van der Waals surface area contributed by atoms with Gasteiger partial charge in [-0.25, -0.2) is 4.21 Å². The maximum Gasteiger partial charge on any atom is 0.124 e. The lowest BCUT2D eigenvalue weighted by atomic mass is 10.0. The topological polar surface area (TPSA) is 58.6 Å². The van der Waals surface area contributed by atoms with Crippen molar-refractivity contribution in [1.29, 1.82) is 0 Å². The van der Waals surface area contributed by atoms with Crippen molar-refractivity contribution in [1.82, 2.24) is 0 Å². The molecule has 0 saturated carbocycles. The van der Waals surface area contributed by atoms with E-state index in [2.05, 4.69) is 4.18 Å². The first-order valence-electron chi connectivity index (χ1n) is 4.73. The minimum absolute atomic E-state index is 0.0877. The van der Waals surface area contributed by atoms with Crippen LogP contribution >= 0.6 is 0 Å². The van der Waals surface area contributed by atoms with Crippen LogP contribution in [0.1, 0.15) is 12.0 Å². The zero-order chi connectivity index (χ0) is 10.7. The first-order chi connectivity index (χ1) is 7.25. The Hall–Kier alpha value is -0.910. The molecule has 4 nitrogen and oxygen atoms in total. The fourth-order valence-corrected chi connectivity index (χ4v) is 1.89. The molecule has 2 rings (SSSR count). The summed E-state index contributed by atoms with van der Waals surface area (Å²) in [5, 5.41) is 0. The van der Waals surface area contributed by atoms with Crippen LogP contribution < -0.4 is 4.74 Å². The summed E-state index contributed by atoms with van der Waals surface area (Å²) in [6, 6.07) is 7.76. The monoisotopic (exact) mass is 227 g/mol. The van der Waals surface area contributed by atoms with Crippen molar-refractivity contribution in [3.63, 3.8) is 0 Å². The quantitative estimate of drug-likeness (QED) is 0.728. The molecule has 15 heavy (non-hydrogen) atoms. The number of para-hydroxylation sites is 1. The highest BCUT2D eigenvalue weighted by Gasteiger charge is 2.19. The van der Waals surface area contributed by atoms with Gasteiger partial charge in [0.1, 0.15) is 11.9 Å². The highest BCUT2D eigenvalue weighted by molar-refractivity contribution is 7.74. The van der Waals surface area contributed by atoms with Crippen LogP contribution in [0.25, 0.3) is 0 Å². The van der Waals surface area contributed by atoms with Gasteiger partial charge < -0.3 is 9.29 Å². The van der Waals surface area contributed by atoms with Gasteiger partial charge in [-0.15, -0.1) is 0 Å². The van der Waals surface area contributed by atoms with Gasteiger partial charge >= 0.3 is 0 Å². The molecular formula is C10H11O4S-. The normalized spacial score (nSPS) is 21.5. The highest BCUT2D eigenvalue weighted by Crippen LogP contribution is 2.26. The fourth-order valence-electron chi connectivity index (χ4n) is 1.63. The van der Waals surface area contributed by atoms with Crippen LogP contribution in [0, 0.1) is 0 Å². The van der Waals surface area contributed by atoms with Crippen LogP contribution in [0.5, 0.6) is 5.75 Å². The molecule has 5 heteroatoms. The van der Waals surface area contributed by atoms with Crippen molar-refractivity contribution in [2.75, 3.05) is 6.61 Å². The van der Waals surface area contributed by atoms with Crippen LogP contribution in [0.2, 0.25) is 0 Å². The Balaban J connectivity index is 1.96. The van der Waals surface area contributed by atoms with Crippen LogP contribution in [0.3, 0.4) is 0 Å². The van der Waals surface area contributed by atoms with E-state index in [-0.39, 0.29) is 12.7 Å². The van der Waals surface area contributed by atoms with Gasteiger partial charge in [0.2, 0.25) is 0 Å². The van der Waals surface area contributed by atoms with E-state index in [1.54, 1.807) is 0 Å². The predicted molar refractivity (Wildman–Crippen MR) is 54.1 cm³/mol. The second kappa shape index (κ2) is 4.74. The molecule has 1 aliphatic heterocycles. The highest BCUT2D eigenvalue weighted by atomic mass is 32.2. The number of hydrogen-bond donors (Lipinski definition) is 0. The Labute approximate surface area is 90.7 Å². The maximum absolute atomic E-state index is 10.2. The van der Waals surface area contributed by atoms with Crippen LogP contribution in [0.4, 0.5) is 0 Å². The van der Waals surface area contributed by atoms with Gasteiger partial charge in [-0.3, -0.25) is 4.18 Å². The van der Waals surface area contributed by atoms with Gasteiger partial charge in [0, 0.05) is 0 Å². The molecule has 0 spiro atoms. The summed E-state index contributed by atoms with van der Waals surface area (Å²) in [6.07, 6.45) is 1.52. The molecule has 1 aromatic carbocycles. The van der Waals surface area contributed by atoms with E-state index in [4.69, 9.17) is 4.74 Å². The first-order valence-corrected chi connectivity index (χ1v) is 5.73. The second-order valence-electron chi connectivity index (χ2n) is 3.37. The van der Waals surface area contributed by atoms with Crippen LogP contribution in [0.15, 0.2) is 24.3 Å². The van der Waals surface area contributed by atoms with Crippen LogP contribution in [-0.4, -0.2) is 21.5 Å². The summed E-state index contributed by atoms with van der Waals surface area (Å²) < 4.78 is 30.5. The largest absolute Gasteiger partial charge is 0.750 e. The summed E-state index contributed by atoms with van der Waals surface area (Å²) in [4.78, 5) is 0. The molecule has 0 aliphatic carbocycles. The van der Waals surface area contributed by atoms with Gasteiger partial charge in [0.05, 0.1) is 18.0 Å². The van der Waals surface area contributed by atoms with E-state index in [0.717, 1.165) is 24.2 Å². The zero-order valence-electron chi connectivity index (χ0n) is 8.05. The second-order valence-corrected chi connectivity index (χ2v) is 4.02. The van der Waals surface area contributed by atoms with E-state index in [0.29, 0.717) is 0 Å². The lowest BCUT2D eigenvalue weighted by Crippen LogP contribution is -2.27. The van der Waals surface area contributed by atoms with E-state index in [1.165, 1.54) is 0 Å². The van der Waals surface area contributed by atoms with Crippen molar-refractivity contribution in [2.45, 2.75) is 18.9 Å².